The van der Waals surface area contributed by atoms with Gasteiger partial charge in [0.2, 0.25) is 0 Å². The summed E-state index contributed by atoms with van der Waals surface area (Å²) in [5.41, 5.74) is 5.19. The van der Waals surface area contributed by atoms with Crippen LogP contribution in [0.2, 0.25) is 0 Å². The average Bonchev–Trinajstić information content (AvgIpc) is 2.97. The first-order valence-corrected chi connectivity index (χ1v) is 18.5. The third-order valence-corrected chi connectivity index (χ3v) is 8.91. The summed E-state index contributed by atoms with van der Waals surface area (Å²) in [6, 6.07) is 0. The number of unbranched alkanes of at least 4 members (excludes halogenated alkanes) is 3. The van der Waals surface area contributed by atoms with Crippen molar-refractivity contribution in [3.8, 4) is 0 Å². The maximum Gasteiger partial charge on any atom is 0.320 e. The zero-order valence-electron chi connectivity index (χ0n) is 29.3. The van der Waals surface area contributed by atoms with Crippen molar-refractivity contribution in [2.24, 2.45) is 5.73 Å². The maximum absolute atomic E-state index is 12.9. The van der Waals surface area contributed by atoms with Crippen LogP contribution in [0.3, 0.4) is 0 Å². The zero-order valence-corrected chi connectivity index (χ0v) is 30.2. The fourth-order valence-corrected chi connectivity index (χ4v) is 6.12. The summed E-state index contributed by atoms with van der Waals surface area (Å²) in [7, 11) is -1.11. The first kappa shape index (κ1) is 42.1. The number of esters is 2. The molecule has 1 heterocycles. The topological polar surface area (TPSA) is 130 Å². The summed E-state index contributed by atoms with van der Waals surface area (Å²) in [6.07, 6.45) is 5.93. The van der Waals surface area contributed by atoms with Crippen molar-refractivity contribution in [2.45, 2.75) is 91.8 Å². The second-order valence-electron chi connectivity index (χ2n) is 12.9. The Morgan fingerprint density at radius 2 is 1.18 bits per heavy atom. The molecule has 1 aliphatic heterocycles. The Morgan fingerprint density at radius 3 is 1.64 bits per heavy atom. The summed E-state index contributed by atoms with van der Waals surface area (Å²) >= 11 is 0. The standard InChI is InChI=1S/C32H66N5O7P/c1-7-10-21-41-30(39)26-35-15-13-34(25-29(38)24-33)14-16-36(27-31(40)44-32(4,5)6)18-20-37(19-17-35)28-45(42-22-11-8-2)43-23-12-9-3/h29,38H,7-28,33H2,1-6H3. The van der Waals surface area contributed by atoms with E-state index in [1.165, 1.54) is 0 Å². The SMILES string of the molecule is CCCCOC(=O)CN1CCN(CC(O)CN)CCN(CC(=O)OC(C)(C)C)CCN(CP(OCCCC)OCCCC)CC1. The van der Waals surface area contributed by atoms with E-state index in [0.717, 1.165) is 38.5 Å². The molecule has 0 saturated carbocycles. The van der Waals surface area contributed by atoms with E-state index < -0.39 is 20.1 Å². The molecule has 0 aromatic heterocycles. The highest BCUT2D eigenvalue weighted by atomic mass is 31.2. The molecule has 1 rings (SSSR count). The molecule has 1 unspecified atom stereocenters. The number of hydrogen-bond acceptors (Lipinski definition) is 12. The van der Waals surface area contributed by atoms with E-state index >= 15 is 0 Å². The van der Waals surface area contributed by atoms with E-state index in [-0.39, 0.29) is 31.6 Å². The molecule has 0 aliphatic carbocycles. The van der Waals surface area contributed by atoms with Crippen LogP contribution in [0.5, 0.6) is 0 Å². The van der Waals surface area contributed by atoms with Gasteiger partial charge in [-0.05, 0) is 40.0 Å². The van der Waals surface area contributed by atoms with Gasteiger partial charge in [0.1, 0.15) is 5.60 Å². The molecule has 1 aliphatic rings. The predicted octanol–water partition coefficient (Wildman–Crippen LogP) is 3.12. The van der Waals surface area contributed by atoms with Crippen LogP contribution in [0.4, 0.5) is 0 Å². The van der Waals surface area contributed by atoms with Gasteiger partial charge < -0.3 is 29.4 Å². The largest absolute Gasteiger partial charge is 0.465 e. The zero-order chi connectivity index (χ0) is 33.5. The molecule has 12 nitrogen and oxygen atoms in total. The van der Waals surface area contributed by atoms with Crippen LogP contribution in [-0.4, -0.2) is 153 Å². The molecule has 1 saturated heterocycles. The molecule has 1 fully saturated rings. The lowest BCUT2D eigenvalue weighted by Crippen LogP contribution is -2.49. The summed E-state index contributed by atoms with van der Waals surface area (Å²) in [5.74, 6) is -0.470. The van der Waals surface area contributed by atoms with Crippen molar-refractivity contribution < 1.29 is 33.2 Å². The highest BCUT2D eigenvalue weighted by Gasteiger charge is 2.24. The molecular formula is C32H66N5O7P. The predicted molar refractivity (Wildman–Crippen MR) is 181 cm³/mol. The number of nitrogens with zero attached hydrogens (tertiary/aromatic N) is 4. The molecule has 0 amide bonds. The third kappa shape index (κ3) is 22.3. The van der Waals surface area contributed by atoms with Crippen molar-refractivity contribution in [3.63, 3.8) is 0 Å². The Kier molecular flexibility index (Phi) is 23.5. The maximum atomic E-state index is 12.9. The first-order valence-electron chi connectivity index (χ1n) is 17.2. The van der Waals surface area contributed by atoms with Crippen LogP contribution in [0.25, 0.3) is 0 Å². The van der Waals surface area contributed by atoms with Gasteiger partial charge in [0.15, 0.2) is 8.38 Å². The van der Waals surface area contributed by atoms with Gasteiger partial charge in [-0.1, -0.05) is 40.0 Å². The fourth-order valence-electron chi connectivity index (χ4n) is 4.61. The highest BCUT2D eigenvalue weighted by molar-refractivity contribution is 7.47. The highest BCUT2D eigenvalue weighted by Crippen LogP contribution is 2.39. The number of carbonyl (C=O) groups is 2. The van der Waals surface area contributed by atoms with Gasteiger partial charge in [-0.3, -0.25) is 29.2 Å². The van der Waals surface area contributed by atoms with Crippen molar-refractivity contribution in [3.05, 3.63) is 0 Å². The van der Waals surface area contributed by atoms with Crippen LogP contribution in [-0.2, 0) is 28.1 Å². The monoisotopic (exact) mass is 663 g/mol. The Morgan fingerprint density at radius 1 is 0.733 bits per heavy atom. The Labute approximate surface area is 275 Å². The molecule has 0 aromatic rings. The summed E-state index contributed by atoms with van der Waals surface area (Å²) in [4.78, 5) is 34.4. The normalized spacial score (nSPS) is 18.0. The Balaban J connectivity index is 3.17. The van der Waals surface area contributed by atoms with Crippen LogP contribution in [0, 0.1) is 0 Å². The Hall–Kier alpha value is -0.950. The number of aliphatic hydroxyl groups is 1. The molecule has 266 valence electrons. The molecule has 0 spiro atoms. The van der Waals surface area contributed by atoms with E-state index in [9.17, 15) is 14.7 Å². The van der Waals surface area contributed by atoms with Crippen LogP contribution in [0.1, 0.15) is 80.1 Å². The molecule has 1 atom stereocenters. The molecule has 45 heavy (non-hydrogen) atoms. The van der Waals surface area contributed by atoms with Gasteiger partial charge >= 0.3 is 11.9 Å². The first-order chi connectivity index (χ1) is 21.5. The van der Waals surface area contributed by atoms with E-state index in [2.05, 4.69) is 40.4 Å². The summed E-state index contributed by atoms with van der Waals surface area (Å²) in [5, 5.41) is 10.4. The summed E-state index contributed by atoms with van der Waals surface area (Å²) < 4.78 is 23.6. The van der Waals surface area contributed by atoms with Gasteiger partial charge in [-0.25, -0.2) is 0 Å². The van der Waals surface area contributed by atoms with Crippen LogP contribution in [0.15, 0.2) is 0 Å². The molecule has 3 N–H and O–H groups in total. The van der Waals surface area contributed by atoms with E-state index in [4.69, 9.17) is 24.3 Å². The van der Waals surface area contributed by atoms with Gasteiger partial charge in [-0.2, -0.15) is 0 Å². The lowest BCUT2D eigenvalue weighted by atomic mass is 10.2. The molecule has 0 aromatic carbocycles. The van der Waals surface area contributed by atoms with Gasteiger partial charge in [0.25, 0.3) is 0 Å². The molecular weight excluding hydrogens is 597 g/mol. The number of nitrogens with two attached hydrogens (primary N) is 1. The lowest BCUT2D eigenvalue weighted by molar-refractivity contribution is -0.156. The third-order valence-electron chi connectivity index (χ3n) is 7.34. The number of aliphatic hydroxyl groups excluding tert-OH is 1. The minimum Gasteiger partial charge on any atom is -0.465 e. The van der Waals surface area contributed by atoms with E-state index in [1.54, 1.807) is 0 Å². The van der Waals surface area contributed by atoms with Gasteiger partial charge in [0.05, 0.1) is 45.3 Å². The number of carbonyl (C=O) groups excluding carboxylic acids is 2. The van der Waals surface area contributed by atoms with E-state index in [0.29, 0.717) is 85.0 Å². The minimum atomic E-state index is -1.11. The smallest absolute Gasteiger partial charge is 0.320 e. The minimum absolute atomic E-state index is 0.171. The molecule has 13 heteroatoms. The van der Waals surface area contributed by atoms with Crippen molar-refractivity contribution in [2.75, 3.05) is 105 Å². The second kappa shape index (κ2) is 25.1. The van der Waals surface area contributed by atoms with Crippen LogP contribution >= 0.6 is 8.38 Å². The number of β-amino-alcohol motifs (C(OH)–C–C–N with tert-alkyl or cyclic N) is 1. The molecule has 0 bridgehead atoms. The molecule has 0 radical (unpaired) electrons. The van der Waals surface area contributed by atoms with Gasteiger partial charge in [0, 0.05) is 65.4 Å². The van der Waals surface area contributed by atoms with Crippen molar-refractivity contribution in [1.29, 1.82) is 0 Å². The Bertz CT molecular complexity index is 767. The number of rotatable bonds is 20. The average molecular weight is 664 g/mol. The van der Waals surface area contributed by atoms with Crippen molar-refractivity contribution in [1.82, 2.24) is 19.6 Å². The quantitative estimate of drug-likeness (QED) is 0.113. The lowest BCUT2D eigenvalue weighted by Gasteiger charge is -2.35. The number of hydrogen-bond donors (Lipinski definition) is 2. The van der Waals surface area contributed by atoms with Crippen molar-refractivity contribution >= 4 is 20.3 Å². The second-order valence-corrected chi connectivity index (χ2v) is 14.3. The summed E-state index contributed by atoms with van der Waals surface area (Å²) in [6.45, 7) is 20.1. The van der Waals surface area contributed by atoms with Gasteiger partial charge in [-0.15, -0.1) is 0 Å². The number of ether oxygens (including phenoxy) is 2. The van der Waals surface area contributed by atoms with Crippen LogP contribution < -0.4 is 5.73 Å². The van der Waals surface area contributed by atoms with E-state index in [1.807, 2.05) is 20.8 Å². The fraction of sp³-hybridized carbons (Fsp3) is 0.938.